The van der Waals surface area contributed by atoms with E-state index in [9.17, 15) is 24.5 Å². The summed E-state index contributed by atoms with van der Waals surface area (Å²) < 4.78 is 5.16. The minimum Gasteiger partial charge on any atom is -0.480 e. The van der Waals surface area contributed by atoms with Crippen molar-refractivity contribution < 1.29 is 34.3 Å². The molecule has 1 aromatic heterocycles. The summed E-state index contributed by atoms with van der Waals surface area (Å²) in [6.07, 6.45) is 6.37. The van der Waals surface area contributed by atoms with E-state index >= 15 is 0 Å². The molecular weight excluding hydrogens is 500 g/mol. The van der Waals surface area contributed by atoms with Gasteiger partial charge in [-0.1, -0.05) is 12.1 Å². The zero-order chi connectivity index (χ0) is 27.8. The number of rotatable bonds is 8. The van der Waals surface area contributed by atoms with Crippen molar-refractivity contribution in [1.29, 1.82) is 0 Å². The van der Waals surface area contributed by atoms with Gasteiger partial charge in [0.1, 0.15) is 5.56 Å². The van der Waals surface area contributed by atoms with E-state index < -0.39 is 11.9 Å². The number of carboxylic acids is 2. The number of nitro groups is 1. The standard InChI is InChI=1S/C20H24N6O4.C4H4O4/c1-30-19-17(10-22-20(21)24-19)18(27)23-13-8-15-6-7-16(9-13)25(15)11-12-2-4-14(5-3-12)26(28)29;5-3(6)1-2-4(7)8/h2-5,10,13,15-16H,6-9,11H2,1H3,(H,23,27)(H2,21,22,24);1-2H,(H,5,6)(H,7,8)/b;2-1+. The molecular formula is C24H28N6O8. The van der Waals surface area contributed by atoms with Crippen molar-refractivity contribution in [2.75, 3.05) is 12.8 Å². The van der Waals surface area contributed by atoms with Crippen molar-refractivity contribution in [2.24, 2.45) is 0 Å². The van der Waals surface area contributed by atoms with Crippen molar-refractivity contribution in [1.82, 2.24) is 20.2 Å². The van der Waals surface area contributed by atoms with E-state index in [2.05, 4.69) is 20.2 Å². The lowest BCUT2D eigenvalue weighted by Crippen LogP contribution is -2.50. The number of methoxy groups -OCH3 is 1. The maximum atomic E-state index is 12.7. The Labute approximate surface area is 217 Å². The van der Waals surface area contributed by atoms with Gasteiger partial charge >= 0.3 is 11.9 Å². The van der Waals surface area contributed by atoms with Gasteiger partial charge in [0, 0.05) is 55.2 Å². The van der Waals surface area contributed by atoms with Crippen LogP contribution in [0.4, 0.5) is 11.6 Å². The molecule has 2 aromatic rings. The Morgan fingerprint density at radius 2 is 1.74 bits per heavy atom. The fourth-order valence-corrected chi connectivity index (χ4v) is 4.68. The molecule has 0 aliphatic carbocycles. The molecule has 2 aliphatic rings. The molecule has 2 unspecified atom stereocenters. The Bertz CT molecular complexity index is 1190. The van der Waals surface area contributed by atoms with E-state index in [1.807, 2.05) is 12.1 Å². The first-order chi connectivity index (χ1) is 18.1. The maximum Gasteiger partial charge on any atom is 0.328 e. The summed E-state index contributed by atoms with van der Waals surface area (Å²) in [6, 6.07) is 7.53. The summed E-state index contributed by atoms with van der Waals surface area (Å²) in [4.78, 5) is 52.6. The number of carboxylic acid groups (broad SMARTS) is 2. The molecule has 1 amide bonds. The number of nitrogen functional groups attached to an aromatic ring is 1. The van der Waals surface area contributed by atoms with Crippen LogP contribution in [-0.2, 0) is 16.1 Å². The van der Waals surface area contributed by atoms with E-state index in [-0.39, 0.29) is 40.0 Å². The van der Waals surface area contributed by atoms with Crippen molar-refractivity contribution >= 4 is 29.5 Å². The predicted molar refractivity (Wildman–Crippen MR) is 133 cm³/mol. The quantitative estimate of drug-likeness (QED) is 0.219. The van der Waals surface area contributed by atoms with Crippen molar-refractivity contribution in [3.8, 4) is 5.88 Å². The van der Waals surface area contributed by atoms with Crippen molar-refractivity contribution in [3.05, 3.63) is 63.9 Å². The second kappa shape index (κ2) is 12.6. The number of carbonyl (C=O) groups excluding carboxylic acids is 1. The largest absolute Gasteiger partial charge is 0.480 e. The SMILES string of the molecule is COc1nc(N)ncc1C(=O)NC1CC2CCC(C1)N2Cc1ccc([N+](=O)[O-])cc1.O=C(O)/C=C/C(=O)O. The third-order valence-electron chi connectivity index (χ3n) is 6.31. The van der Waals surface area contributed by atoms with Gasteiger partial charge in [0.25, 0.3) is 11.6 Å². The third-order valence-corrected chi connectivity index (χ3v) is 6.31. The van der Waals surface area contributed by atoms with Gasteiger partial charge in [0.15, 0.2) is 0 Å². The van der Waals surface area contributed by atoms with Crippen LogP contribution in [0.1, 0.15) is 41.6 Å². The number of piperidine rings is 1. The summed E-state index contributed by atoms with van der Waals surface area (Å²) in [5.41, 5.74) is 6.99. The van der Waals surface area contributed by atoms with Gasteiger partial charge in [0.05, 0.1) is 12.0 Å². The van der Waals surface area contributed by atoms with Crippen LogP contribution < -0.4 is 15.8 Å². The number of nitrogens with two attached hydrogens (primary N) is 1. The molecule has 202 valence electrons. The van der Waals surface area contributed by atoms with E-state index in [1.54, 1.807) is 12.1 Å². The predicted octanol–water partition coefficient (Wildman–Crippen LogP) is 1.61. The Morgan fingerprint density at radius 1 is 1.16 bits per heavy atom. The van der Waals surface area contributed by atoms with Gasteiger partial charge in [-0.25, -0.2) is 14.6 Å². The number of amides is 1. The van der Waals surface area contributed by atoms with Gasteiger partial charge in [-0.2, -0.15) is 4.98 Å². The highest BCUT2D eigenvalue weighted by molar-refractivity contribution is 5.96. The average Bonchev–Trinajstić information content (AvgIpc) is 3.10. The number of aliphatic carboxylic acids is 2. The first-order valence-corrected chi connectivity index (χ1v) is 11.7. The first-order valence-electron chi connectivity index (χ1n) is 11.7. The van der Waals surface area contributed by atoms with Gasteiger partial charge < -0.3 is 26.0 Å². The lowest BCUT2D eigenvalue weighted by Gasteiger charge is -2.39. The number of hydrogen-bond acceptors (Lipinski definition) is 10. The topological polar surface area (TPSA) is 211 Å². The van der Waals surface area contributed by atoms with Crippen LogP contribution in [0.2, 0.25) is 0 Å². The smallest absolute Gasteiger partial charge is 0.328 e. The molecule has 0 spiro atoms. The number of nitrogens with one attached hydrogen (secondary N) is 1. The van der Waals surface area contributed by atoms with Crippen LogP contribution in [0, 0.1) is 10.1 Å². The Balaban J connectivity index is 0.000000436. The highest BCUT2D eigenvalue weighted by Crippen LogP contribution is 2.37. The second-order valence-corrected chi connectivity index (χ2v) is 8.78. The highest BCUT2D eigenvalue weighted by atomic mass is 16.6. The molecule has 5 N–H and O–H groups in total. The first kappa shape index (κ1) is 28.0. The van der Waals surface area contributed by atoms with Gasteiger partial charge in [-0.15, -0.1) is 0 Å². The van der Waals surface area contributed by atoms with Crippen LogP contribution in [0.3, 0.4) is 0 Å². The number of fused-ring (bicyclic) bond motifs is 2. The summed E-state index contributed by atoms with van der Waals surface area (Å²) in [6.45, 7) is 0.758. The van der Waals surface area contributed by atoms with E-state index in [4.69, 9.17) is 20.7 Å². The zero-order valence-electron chi connectivity index (χ0n) is 20.5. The van der Waals surface area contributed by atoms with Gasteiger partial charge in [0.2, 0.25) is 11.8 Å². The number of nitrogens with zero attached hydrogens (tertiary/aromatic N) is 4. The van der Waals surface area contributed by atoms with Gasteiger partial charge in [-0.05, 0) is 31.2 Å². The zero-order valence-corrected chi connectivity index (χ0v) is 20.5. The lowest BCUT2D eigenvalue weighted by atomic mass is 9.96. The molecule has 2 bridgehead atoms. The monoisotopic (exact) mass is 528 g/mol. The number of anilines is 1. The number of benzene rings is 1. The van der Waals surface area contributed by atoms with Crippen molar-refractivity contribution in [3.63, 3.8) is 0 Å². The minimum absolute atomic E-state index is 0.0565. The molecule has 38 heavy (non-hydrogen) atoms. The molecule has 1 aromatic carbocycles. The molecule has 0 radical (unpaired) electrons. The lowest BCUT2D eigenvalue weighted by molar-refractivity contribution is -0.384. The molecule has 2 atom stereocenters. The molecule has 2 saturated heterocycles. The third kappa shape index (κ3) is 7.46. The number of nitro benzene ring substituents is 1. The summed E-state index contributed by atoms with van der Waals surface area (Å²) >= 11 is 0. The van der Waals surface area contributed by atoms with E-state index in [0.717, 1.165) is 37.8 Å². The summed E-state index contributed by atoms with van der Waals surface area (Å²) in [5.74, 6) is -2.56. The van der Waals surface area contributed by atoms with Crippen LogP contribution in [0.25, 0.3) is 0 Å². The van der Waals surface area contributed by atoms with Gasteiger partial charge in [-0.3, -0.25) is 19.8 Å². The average molecular weight is 529 g/mol. The second-order valence-electron chi connectivity index (χ2n) is 8.78. The normalized spacial score (nSPS) is 20.3. The highest BCUT2D eigenvalue weighted by Gasteiger charge is 2.41. The molecule has 2 fully saturated rings. The molecule has 4 rings (SSSR count). The summed E-state index contributed by atoms with van der Waals surface area (Å²) in [5, 5.41) is 29.6. The fourth-order valence-electron chi connectivity index (χ4n) is 4.68. The number of aromatic nitrogens is 2. The van der Waals surface area contributed by atoms with Crippen LogP contribution in [0.15, 0.2) is 42.6 Å². The maximum absolute atomic E-state index is 12.7. The molecule has 14 nitrogen and oxygen atoms in total. The fraction of sp³-hybridized carbons (Fsp3) is 0.375. The van der Waals surface area contributed by atoms with Crippen LogP contribution in [0.5, 0.6) is 5.88 Å². The molecule has 0 saturated carbocycles. The van der Waals surface area contributed by atoms with E-state index in [1.165, 1.54) is 13.3 Å². The Hall–Kier alpha value is -4.59. The number of carbonyl (C=O) groups is 3. The van der Waals surface area contributed by atoms with Crippen LogP contribution in [-0.4, -0.2) is 73.1 Å². The molecule has 14 heteroatoms. The molecule has 3 heterocycles. The Kier molecular flexibility index (Phi) is 9.27. The Morgan fingerprint density at radius 3 is 2.24 bits per heavy atom. The molecule has 2 aliphatic heterocycles. The summed E-state index contributed by atoms with van der Waals surface area (Å²) in [7, 11) is 1.44. The minimum atomic E-state index is -1.26. The van der Waals surface area contributed by atoms with Crippen molar-refractivity contribution in [2.45, 2.75) is 50.4 Å². The number of non-ortho nitro benzene ring substituents is 1. The number of hydrogen-bond donors (Lipinski definition) is 4. The van der Waals surface area contributed by atoms with E-state index in [0.29, 0.717) is 24.2 Å². The van der Waals surface area contributed by atoms with Crippen LogP contribution >= 0.6 is 0 Å². The number of ether oxygens (including phenoxy) is 1.